The van der Waals surface area contributed by atoms with Crippen LogP contribution in [0.1, 0.15) is 5.56 Å². The van der Waals surface area contributed by atoms with Crippen molar-refractivity contribution in [2.24, 2.45) is 4.99 Å². The van der Waals surface area contributed by atoms with Gasteiger partial charge < -0.3 is 19.7 Å². The van der Waals surface area contributed by atoms with Crippen LogP contribution in [0.5, 0.6) is 11.5 Å². The highest BCUT2D eigenvalue weighted by molar-refractivity contribution is 6.66. The highest BCUT2D eigenvalue weighted by Crippen LogP contribution is 2.31. The van der Waals surface area contributed by atoms with Crippen LogP contribution in [-0.2, 0) is 0 Å². The van der Waals surface area contributed by atoms with Crippen LogP contribution >= 0.6 is 11.6 Å². The van der Waals surface area contributed by atoms with Crippen molar-refractivity contribution >= 4 is 22.5 Å². The van der Waals surface area contributed by atoms with E-state index in [0.717, 1.165) is 11.3 Å². The number of nitrogens with one attached hydrogen (secondary N) is 1. The van der Waals surface area contributed by atoms with Gasteiger partial charge in [0, 0.05) is 31.2 Å². The fraction of sp³-hybridized carbons (Fsp3) is 0.267. The minimum absolute atomic E-state index is 0.528. The Labute approximate surface area is 129 Å². The standard InChI is InChI=1S/C15H18ClN3O2/c1-17-9-12(19-7-6-18-15(16)10-19)11-4-5-13(20-2)14(8-11)21-3/h4-9,17H,10H2,1-3H3/b12-9-. The third-order valence-electron chi connectivity index (χ3n) is 3.03. The predicted octanol–water partition coefficient (Wildman–Crippen LogP) is 2.65. The predicted molar refractivity (Wildman–Crippen MR) is 85.7 cm³/mol. The van der Waals surface area contributed by atoms with Crippen LogP contribution in [-0.4, -0.2) is 37.9 Å². The topological polar surface area (TPSA) is 46.1 Å². The third kappa shape index (κ3) is 3.49. The number of rotatable bonds is 5. The molecule has 1 N–H and O–H groups in total. The van der Waals surface area contributed by atoms with Crippen molar-refractivity contribution in [3.05, 3.63) is 42.4 Å². The molecule has 1 aromatic rings. The van der Waals surface area contributed by atoms with Crippen molar-refractivity contribution < 1.29 is 9.47 Å². The van der Waals surface area contributed by atoms with Crippen LogP contribution in [0.4, 0.5) is 0 Å². The van der Waals surface area contributed by atoms with Crippen molar-refractivity contribution in [3.63, 3.8) is 0 Å². The Kier molecular flexibility index (Phi) is 5.11. The van der Waals surface area contributed by atoms with Crippen molar-refractivity contribution in [1.29, 1.82) is 0 Å². The van der Waals surface area contributed by atoms with Gasteiger partial charge in [0.2, 0.25) is 0 Å². The fourth-order valence-electron chi connectivity index (χ4n) is 2.06. The Morgan fingerprint density at radius 1 is 1.33 bits per heavy atom. The highest BCUT2D eigenvalue weighted by atomic mass is 35.5. The van der Waals surface area contributed by atoms with Gasteiger partial charge in [0.25, 0.3) is 0 Å². The highest BCUT2D eigenvalue weighted by Gasteiger charge is 2.15. The van der Waals surface area contributed by atoms with E-state index in [1.54, 1.807) is 20.4 Å². The van der Waals surface area contributed by atoms with E-state index in [9.17, 15) is 0 Å². The van der Waals surface area contributed by atoms with Crippen molar-refractivity contribution in [2.45, 2.75) is 0 Å². The number of ether oxygens (including phenoxy) is 2. The van der Waals surface area contributed by atoms with E-state index in [-0.39, 0.29) is 0 Å². The molecular weight excluding hydrogens is 290 g/mol. The maximum Gasteiger partial charge on any atom is 0.161 e. The molecule has 112 valence electrons. The summed E-state index contributed by atoms with van der Waals surface area (Å²) >= 11 is 6.01. The number of nitrogens with zero attached hydrogens (tertiary/aromatic N) is 2. The normalized spacial score (nSPS) is 14.8. The summed E-state index contributed by atoms with van der Waals surface area (Å²) in [5.41, 5.74) is 1.95. The summed E-state index contributed by atoms with van der Waals surface area (Å²) < 4.78 is 10.6. The molecule has 1 aromatic carbocycles. The summed E-state index contributed by atoms with van der Waals surface area (Å²) in [4.78, 5) is 6.05. The Morgan fingerprint density at radius 3 is 2.71 bits per heavy atom. The van der Waals surface area contributed by atoms with Crippen LogP contribution in [0, 0.1) is 0 Å². The van der Waals surface area contributed by atoms with Crippen LogP contribution in [0.3, 0.4) is 0 Å². The second-order valence-electron chi connectivity index (χ2n) is 4.32. The maximum absolute atomic E-state index is 6.01. The number of hydrogen-bond acceptors (Lipinski definition) is 5. The molecule has 6 heteroatoms. The first-order valence-corrected chi connectivity index (χ1v) is 6.82. The quantitative estimate of drug-likeness (QED) is 0.908. The van der Waals surface area contributed by atoms with E-state index >= 15 is 0 Å². The third-order valence-corrected chi connectivity index (χ3v) is 3.25. The molecule has 0 aliphatic carbocycles. The molecule has 0 bridgehead atoms. The first kappa shape index (κ1) is 15.3. The molecule has 1 heterocycles. The van der Waals surface area contributed by atoms with Gasteiger partial charge in [-0.1, -0.05) is 11.6 Å². The van der Waals surface area contributed by atoms with E-state index in [0.29, 0.717) is 23.2 Å². The molecule has 2 rings (SSSR count). The summed E-state index contributed by atoms with van der Waals surface area (Å²) in [6, 6.07) is 5.77. The molecule has 0 aromatic heterocycles. The number of hydrogen-bond donors (Lipinski definition) is 1. The first-order valence-electron chi connectivity index (χ1n) is 6.45. The van der Waals surface area contributed by atoms with Gasteiger partial charge in [0.1, 0.15) is 5.17 Å². The Hall–Kier alpha value is -2.14. The number of halogens is 1. The lowest BCUT2D eigenvalue weighted by Gasteiger charge is -2.25. The Balaban J connectivity index is 2.37. The molecule has 0 fully saturated rings. The second-order valence-corrected chi connectivity index (χ2v) is 4.76. The van der Waals surface area contributed by atoms with E-state index in [1.807, 2.05) is 42.5 Å². The number of benzene rings is 1. The van der Waals surface area contributed by atoms with E-state index in [1.165, 1.54) is 0 Å². The summed E-state index contributed by atoms with van der Waals surface area (Å²) in [6.45, 7) is 0.528. The van der Waals surface area contributed by atoms with Gasteiger partial charge in [-0.3, -0.25) is 0 Å². The lowest BCUT2D eigenvalue weighted by molar-refractivity contribution is 0.354. The van der Waals surface area contributed by atoms with Crippen molar-refractivity contribution in [1.82, 2.24) is 10.2 Å². The van der Waals surface area contributed by atoms with Crippen LogP contribution in [0.2, 0.25) is 0 Å². The molecule has 0 spiro atoms. The summed E-state index contributed by atoms with van der Waals surface area (Å²) in [6.07, 6.45) is 5.46. The van der Waals surface area contributed by atoms with Gasteiger partial charge >= 0.3 is 0 Å². The zero-order valence-electron chi connectivity index (χ0n) is 12.3. The first-order chi connectivity index (χ1) is 10.2. The van der Waals surface area contributed by atoms with Gasteiger partial charge in [-0.15, -0.1) is 0 Å². The summed E-state index contributed by atoms with van der Waals surface area (Å²) in [5, 5.41) is 3.59. The largest absolute Gasteiger partial charge is 0.493 e. The van der Waals surface area contributed by atoms with E-state index < -0.39 is 0 Å². The van der Waals surface area contributed by atoms with Crippen molar-refractivity contribution in [3.8, 4) is 11.5 Å². The van der Waals surface area contributed by atoms with Gasteiger partial charge in [0.15, 0.2) is 11.5 Å². The lowest BCUT2D eigenvalue weighted by atomic mass is 10.1. The smallest absolute Gasteiger partial charge is 0.161 e. The van der Waals surface area contributed by atoms with Gasteiger partial charge in [-0.05, 0) is 18.2 Å². The zero-order chi connectivity index (χ0) is 15.2. The molecular formula is C15H18ClN3O2. The second kappa shape index (κ2) is 7.04. The molecule has 0 saturated carbocycles. The number of methoxy groups -OCH3 is 2. The Bertz CT molecular complexity index is 597. The zero-order valence-corrected chi connectivity index (χ0v) is 13.0. The monoisotopic (exact) mass is 307 g/mol. The summed E-state index contributed by atoms with van der Waals surface area (Å²) in [5.74, 6) is 1.37. The molecule has 0 radical (unpaired) electrons. The molecule has 1 aliphatic heterocycles. The Morgan fingerprint density at radius 2 is 2.10 bits per heavy atom. The van der Waals surface area contributed by atoms with E-state index in [4.69, 9.17) is 21.1 Å². The van der Waals surface area contributed by atoms with Gasteiger partial charge in [-0.25, -0.2) is 4.99 Å². The van der Waals surface area contributed by atoms with Crippen LogP contribution < -0.4 is 14.8 Å². The van der Waals surface area contributed by atoms with Crippen LogP contribution in [0.15, 0.2) is 41.8 Å². The molecule has 0 unspecified atom stereocenters. The molecule has 5 nitrogen and oxygen atoms in total. The number of aliphatic imine (C=N–C) groups is 1. The van der Waals surface area contributed by atoms with Crippen LogP contribution in [0.25, 0.3) is 5.70 Å². The van der Waals surface area contributed by atoms with E-state index in [2.05, 4.69) is 10.3 Å². The molecule has 0 amide bonds. The SMILES string of the molecule is CN/C=C(/c1ccc(OC)c(OC)c1)N1C=CN=C(Cl)C1. The molecule has 21 heavy (non-hydrogen) atoms. The molecule has 0 saturated heterocycles. The van der Waals surface area contributed by atoms with Gasteiger partial charge in [-0.2, -0.15) is 0 Å². The minimum Gasteiger partial charge on any atom is -0.493 e. The average Bonchev–Trinajstić information content (AvgIpc) is 2.52. The summed E-state index contributed by atoms with van der Waals surface area (Å²) in [7, 11) is 5.09. The molecule has 1 aliphatic rings. The molecule has 0 atom stereocenters. The fourth-order valence-corrected chi connectivity index (χ4v) is 2.24. The van der Waals surface area contributed by atoms with Crippen molar-refractivity contribution in [2.75, 3.05) is 27.8 Å². The minimum atomic E-state index is 0.528. The average molecular weight is 308 g/mol. The lowest BCUT2D eigenvalue weighted by Crippen LogP contribution is -2.24. The maximum atomic E-state index is 6.01. The van der Waals surface area contributed by atoms with Gasteiger partial charge in [0.05, 0.1) is 26.5 Å².